The Bertz CT molecular complexity index is 314. The zero-order valence-electron chi connectivity index (χ0n) is 13.3. The van der Waals surface area contributed by atoms with Crippen molar-refractivity contribution in [2.75, 3.05) is 19.6 Å². The molecule has 2 aliphatic heterocycles. The first-order chi connectivity index (χ1) is 8.72. The molecule has 2 saturated heterocycles. The monoisotopic (exact) mass is 269 g/mol. The number of aliphatic hydroxyl groups is 1. The predicted octanol–water partition coefficient (Wildman–Crippen LogP) is 2.67. The number of aliphatic hydroxyl groups excluding tert-OH is 1. The molecular weight excluding hydrogens is 238 g/mol. The fourth-order valence-corrected chi connectivity index (χ4v) is 3.78. The van der Waals surface area contributed by atoms with Crippen LogP contribution < -0.4 is 0 Å². The number of hydrogen-bond donors (Lipinski definition) is 1. The van der Waals surface area contributed by atoms with E-state index in [0.717, 1.165) is 12.5 Å². The van der Waals surface area contributed by atoms with Gasteiger partial charge in [0.05, 0.1) is 17.3 Å². The summed E-state index contributed by atoms with van der Waals surface area (Å²) in [5, 5.41) is 10.6. The Kier molecular flexibility index (Phi) is 4.29. The van der Waals surface area contributed by atoms with Crippen LogP contribution in [0.1, 0.15) is 53.9 Å². The third-order valence-electron chi connectivity index (χ3n) is 5.08. The maximum Gasteiger partial charge on any atom is 0.0896 e. The lowest BCUT2D eigenvalue weighted by Gasteiger charge is -2.32. The smallest absolute Gasteiger partial charge is 0.0896 e. The lowest BCUT2D eigenvalue weighted by molar-refractivity contribution is -0.0913. The van der Waals surface area contributed by atoms with Gasteiger partial charge in [0.2, 0.25) is 0 Å². The van der Waals surface area contributed by atoms with Gasteiger partial charge in [0, 0.05) is 12.5 Å². The molecule has 2 fully saturated rings. The van der Waals surface area contributed by atoms with E-state index in [1.165, 1.54) is 32.4 Å². The van der Waals surface area contributed by atoms with Crippen LogP contribution in [0.3, 0.4) is 0 Å². The summed E-state index contributed by atoms with van der Waals surface area (Å²) in [7, 11) is 0. The Hall–Kier alpha value is -0.120. The molecule has 19 heavy (non-hydrogen) atoms. The molecular formula is C16H31NO2. The van der Waals surface area contributed by atoms with Crippen LogP contribution in [-0.2, 0) is 4.74 Å². The van der Waals surface area contributed by atoms with E-state index in [1.54, 1.807) is 0 Å². The van der Waals surface area contributed by atoms with Crippen molar-refractivity contribution in [2.45, 2.75) is 71.2 Å². The van der Waals surface area contributed by atoms with Gasteiger partial charge in [0.15, 0.2) is 0 Å². The average molecular weight is 269 g/mol. The van der Waals surface area contributed by atoms with Crippen molar-refractivity contribution >= 4 is 0 Å². The summed E-state index contributed by atoms with van der Waals surface area (Å²) in [5.41, 5.74) is -0.659. The Morgan fingerprint density at radius 1 is 1.11 bits per heavy atom. The van der Waals surface area contributed by atoms with Crippen LogP contribution in [0.25, 0.3) is 0 Å². The quantitative estimate of drug-likeness (QED) is 0.836. The molecule has 0 saturated carbocycles. The second-order valence-corrected chi connectivity index (χ2v) is 7.70. The topological polar surface area (TPSA) is 32.7 Å². The first-order valence-electron chi connectivity index (χ1n) is 7.83. The average Bonchev–Trinajstić information content (AvgIpc) is 2.46. The van der Waals surface area contributed by atoms with E-state index in [0.29, 0.717) is 0 Å². The molecule has 0 radical (unpaired) electrons. The Morgan fingerprint density at radius 3 is 2.37 bits per heavy atom. The van der Waals surface area contributed by atoms with Gasteiger partial charge in [-0.3, -0.25) is 0 Å². The van der Waals surface area contributed by atoms with Crippen LogP contribution in [0.4, 0.5) is 0 Å². The highest BCUT2D eigenvalue weighted by molar-refractivity contribution is 5.02. The van der Waals surface area contributed by atoms with E-state index < -0.39 is 5.60 Å². The molecule has 2 rings (SSSR count). The zero-order chi connectivity index (χ0) is 14.3. The second-order valence-electron chi connectivity index (χ2n) is 7.70. The number of likely N-dealkylation sites (tertiary alicyclic amines) is 1. The maximum atomic E-state index is 10.6. The van der Waals surface area contributed by atoms with Crippen molar-refractivity contribution in [3.8, 4) is 0 Å². The van der Waals surface area contributed by atoms with Gasteiger partial charge in [-0.05, 0) is 66.0 Å². The summed E-state index contributed by atoms with van der Waals surface area (Å²) in [6.07, 6.45) is 3.54. The minimum absolute atomic E-state index is 0.205. The first-order valence-corrected chi connectivity index (χ1v) is 7.83. The highest BCUT2D eigenvalue weighted by Gasteiger charge is 2.53. The van der Waals surface area contributed by atoms with Crippen molar-refractivity contribution in [1.29, 1.82) is 0 Å². The standard InChI is InChI=1S/C16H31NO2/c1-12-7-6-9-17(10-8-12)11-13-14(18)16(4,5)19-15(13,2)3/h12-14,18H,6-11H2,1-5H3. The summed E-state index contributed by atoms with van der Waals surface area (Å²) in [6, 6.07) is 0. The first kappa shape index (κ1) is 15.3. The fraction of sp³-hybridized carbons (Fsp3) is 1.00. The van der Waals surface area contributed by atoms with Crippen LogP contribution >= 0.6 is 0 Å². The van der Waals surface area contributed by atoms with Crippen LogP contribution in [0.15, 0.2) is 0 Å². The van der Waals surface area contributed by atoms with Crippen molar-refractivity contribution in [3.05, 3.63) is 0 Å². The third kappa shape index (κ3) is 3.32. The van der Waals surface area contributed by atoms with Crippen molar-refractivity contribution in [2.24, 2.45) is 11.8 Å². The molecule has 0 aliphatic carbocycles. The molecule has 3 nitrogen and oxygen atoms in total. The number of nitrogens with zero attached hydrogens (tertiary/aromatic N) is 1. The van der Waals surface area contributed by atoms with Crippen LogP contribution in [-0.4, -0.2) is 46.9 Å². The maximum absolute atomic E-state index is 10.6. The summed E-state index contributed by atoms with van der Waals surface area (Å²) in [5.74, 6) is 1.05. The van der Waals surface area contributed by atoms with Gasteiger partial charge in [-0.1, -0.05) is 6.92 Å². The number of rotatable bonds is 2. The molecule has 3 unspecified atom stereocenters. The van der Waals surface area contributed by atoms with Gasteiger partial charge in [0.25, 0.3) is 0 Å². The molecule has 1 N–H and O–H groups in total. The summed E-state index contributed by atoms with van der Waals surface area (Å²) in [4.78, 5) is 2.53. The zero-order valence-corrected chi connectivity index (χ0v) is 13.3. The number of ether oxygens (including phenoxy) is 1. The molecule has 112 valence electrons. The molecule has 0 spiro atoms. The minimum atomic E-state index is -0.423. The van der Waals surface area contributed by atoms with Gasteiger partial charge in [0.1, 0.15) is 0 Å². The highest BCUT2D eigenvalue weighted by Crippen LogP contribution is 2.42. The highest BCUT2D eigenvalue weighted by atomic mass is 16.5. The van der Waals surface area contributed by atoms with E-state index in [1.807, 2.05) is 13.8 Å². The van der Waals surface area contributed by atoms with Gasteiger partial charge in [-0.15, -0.1) is 0 Å². The minimum Gasteiger partial charge on any atom is -0.390 e. The van der Waals surface area contributed by atoms with Gasteiger partial charge >= 0.3 is 0 Å². The summed E-state index contributed by atoms with van der Waals surface area (Å²) in [6.45, 7) is 13.9. The van der Waals surface area contributed by atoms with E-state index >= 15 is 0 Å². The van der Waals surface area contributed by atoms with E-state index in [2.05, 4.69) is 25.7 Å². The molecule has 3 atom stereocenters. The second kappa shape index (κ2) is 5.34. The normalized spacial score (nSPS) is 39.2. The molecule has 0 bridgehead atoms. The van der Waals surface area contributed by atoms with Crippen molar-refractivity contribution < 1.29 is 9.84 Å². The van der Waals surface area contributed by atoms with Gasteiger partial charge in [-0.2, -0.15) is 0 Å². The molecule has 0 amide bonds. The van der Waals surface area contributed by atoms with E-state index in [9.17, 15) is 5.11 Å². The SMILES string of the molecule is CC1CCCN(CC2C(O)C(C)(C)OC2(C)C)CC1. The van der Waals surface area contributed by atoms with E-state index in [-0.39, 0.29) is 17.6 Å². The third-order valence-corrected chi connectivity index (χ3v) is 5.08. The lowest BCUT2D eigenvalue weighted by atomic mass is 9.84. The van der Waals surface area contributed by atoms with Gasteiger partial charge in [-0.25, -0.2) is 0 Å². The van der Waals surface area contributed by atoms with Gasteiger partial charge < -0.3 is 14.7 Å². The Morgan fingerprint density at radius 2 is 1.79 bits per heavy atom. The van der Waals surface area contributed by atoms with Crippen molar-refractivity contribution in [1.82, 2.24) is 4.90 Å². The van der Waals surface area contributed by atoms with E-state index in [4.69, 9.17) is 4.74 Å². The molecule has 0 aromatic heterocycles. The largest absolute Gasteiger partial charge is 0.390 e. The lowest BCUT2D eigenvalue weighted by Crippen LogP contribution is -2.43. The summed E-state index contributed by atoms with van der Waals surface area (Å²) >= 11 is 0. The van der Waals surface area contributed by atoms with Crippen LogP contribution in [0.5, 0.6) is 0 Å². The predicted molar refractivity (Wildman–Crippen MR) is 78.2 cm³/mol. The Balaban J connectivity index is 2.01. The summed E-state index contributed by atoms with van der Waals surface area (Å²) < 4.78 is 6.08. The molecule has 2 heterocycles. The molecule has 0 aromatic rings. The molecule has 0 aromatic carbocycles. The Labute approximate surface area is 118 Å². The van der Waals surface area contributed by atoms with Crippen LogP contribution in [0, 0.1) is 11.8 Å². The number of hydrogen-bond acceptors (Lipinski definition) is 3. The van der Waals surface area contributed by atoms with Crippen molar-refractivity contribution in [3.63, 3.8) is 0 Å². The van der Waals surface area contributed by atoms with Crippen LogP contribution in [0.2, 0.25) is 0 Å². The molecule has 2 aliphatic rings. The molecule has 3 heteroatoms. The fourth-order valence-electron chi connectivity index (χ4n) is 3.78.